The van der Waals surface area contributed by atoms with E-state index in [0.29, 0.717) is 33.3 Å². The van der Waals surface area contributed by atoms with E-state index in [1.807, 2.05) is 31.2 Å². The number of benzene rings is 2. The van der Waals surface area contributed by atoms with Gasteiger partial charge in [0.2, 0.25) is 0 Å². The predicted octanol–water partition coefficient (Wildman–Crippen LogP) is 4.35. The lowest BCUT2D eigenvalue weighted by atomic mass is 10.2. The van der Waals surface area contributed by atoms with Gasteiger partial charge in [-0.15, -0.1) is 0 Å². The Morgan fingerprint density at radius 3 is 2.88 bits per heavy atom. The molecule has 24 heavy (non-hydrogen) atoms. The van der Waals surface area contributed by atoms with Gasteiger partial charge in [-0.1, -0.05) is 35.5 Å². The van der Waals surface area contributed by atoms with Crippen LogP contribution in [0.4, 0.5) is 0 Å². The Bertz CT molecular complexity index is 1010. The molecule has 0 aliphatic rings. The second-order valence-electron chi connectivity index (χ2n) is 5.29. The van der Waals surface area contributed by atoms with E-state index in [0.717, 1.165) is 11.3 Å². The molecule has 0 spiro atoms. The van der Waals surface area contributed by atoms with Gasteiger partial charge >= 0.3 is 0 Å². The van der Waals surface area contributed by atoms with Gasteiger partial charge in [0.1, 0.15) is 0 Å². The maximum atomic E-state index is 13.0. The minimum absolute atomic E-state index is 0.137. The van der Waals surface area contributed by atoms with Gasteiger partial charge in [-0.3, -0.25) is 9.36 Å². The van der Waals surface area contributed by atoms with Crippen molar-refractivity contribution in [1.29, 1.82) is 5.26 Å². The molecule has 0 aliphatic carbocycles. The van der Waals surface area contributed by atoms with Crippen LogP contribution in [0.3, 0.4) is 0 Å². The molecule has 0 saturated carbocycles. The van der Waals surface area contributed by atoms with Crippen LogP contribution in [0.15, 0.2) is 52.4 Å². The number of rotatable bonds is 4. The smallest absolute Gasteiger partial charge is 0.266 e. The summed E-state index contributed by atoms with van der Waals surface area (Å²) in [5.41, 5.74) is 2.25. The number of nitriles is 1. The molecule has 1 aromatic heterocycles. The van der Waals surface area contributed by atoms with E-state index >= 15 is 0 Å². The van der Waals surface area contributed by atoms with Crippen LogP contribution in [0.2, 0.25) is 5.02 Å². The molecule has 0 atom stereocenters. The lowest BCUT2D eigenvalue weighted by Crippen LogP contribution is -2.22. The van der Waals surface area contributed by atoms with Gasteiger partial charge in [0.05, 0.1) is 22.7 Å². The van der Waals surface area contributed by atoms with Crippen LogP contribution in [0.5, 0.6) is 0 Å². The molecule has 0 fully saturated rings. The lowest BCUT2D eigenvalue weighted by Gasteiger charge is -2.13. The molecule has 6 heteroatoms. The average molecular weight is 356 g/mol. The van der Waals surface area contributed by atoms with Crippen LogP contribution in [-0.4, -0.2) is 15.3 Å². The van der Waals surface area contributed by atoms with Gasteiger partial charge in [0.25, 0.3) is 5.56 Å². The summed E-state index contributed by atoms with van der Waals surface area (Å²) in [5, 5.41) is 10.4. The highest BCUT2D eigenvalue weighted by molar-refractivity contribution is 7.99. The van der Waals surface area contributed by atoms with Crippen LogP contribution in [0, 0.1) is 18.3 Å². The number of fused-ring (bicyclic) bond motifs is 1. The first-order valence-corrected chi connectivity index (χ1v) is 8.75. The molecule has 0 saturated heterocycles. The molecule has 0 unspecified atom stereocenters. The zero-order valence-electron chi connectivity index (χ0n) is 13.0. The van der Waals surface area contributed by atoms with Crippen LogP contribution in [0.1, 0.15) is 12.0 Å². The zero-order valence-corrected chi connectivity index (χ0v) is 14.6. The maximum absolute atomic E-state index is 13.0. The fraction of sp³-hybridized carbons (Fsp3) is 0.167. The molecule has 0 amide bonds. The Kier molecular flexibility index (Phi) is 4.89. The third-order valence-electron chi connectivity index (χ3n) is 3.51. The van der Waals surface area contributed by atoms with Crippen molar-refractivity contribution in [1.82, 2.24) is 9.55 Å². The van der Waals surface area contributed by atoms with E-state index < -0.39 is 0 Å². The normalized spacial score (nSPS) is 10.7. The van der Waals surface area contributed by atoms with Crippen molar-refractivity contribution < 1.29 is 0 Å². The standard InChI is InChI=1S/C18H14ClN3OS/c1-12-4-2-5-14(10-12)22-17(23)15-7-6-13(19)11-16(15)21-18(22)24-9-3-8-20/h2,4-7,10-11H,3,9H2,1H3. The maximum Gasteiger partial charge on any atom is 0.266 e. The number of aryl methyl sites for hydroxylation is 1. The quantitative estimate of drug-likeness (QED) is 0.396. The summed E-state index contributed by atoms with van der Waals surface area (Å²) >= 11 is 7.42. The van der Waals surface area contributed by atoms with Gasteiger partial charge < -0.3 is 0 Å². The summed E-state index contributed by atoms with van der Waals surface area (Å²) in [6.07, 6.45) is 0.391. The lowest BCUT2D eigenvalue weighted by molar-refractivity contribution is 0.819. The fourth-order valence-electron chi connectivity index (χ4n) is 2.42. The second-order valence-corrected chi connectivity index (χ2v) is 6.79. The van der Waals surface area contributed by atoms with Crippen LogP contribution < -0.4 is 5.56 Å². The molecular formula is C18H14ClN3OS. The molecule has 1 heterocycles. The van der Waals surface area contributed by atoms with Crippen molar-refractivity contribution in [2.75, 3.05) is 5.75 Å². The molecule has 4 nitrogen and oxygen atoms in total. The summed E-state index contributed by atoms with van der Waals surface area (Å²) in [5.74, 6) is 0.570. The number of thioether (sulfide) groups is 1. The SMILES string of the molecule is Cc1cccc(-n2c(SCCC#N)nc3cc(Cl)ccc3c2=O)c1. The number of hydrogen-bond donors (Lipinski definition) is 0. The molecule has 2 aromatic carbocycles. The Labute approximate surface area is 148 Å². The van der Waals surface area contributed by atoms with Gasteiger partial charge in [-0.2, -0.15) is 5.26 Å². The predicted molar refractivity (Wildman–Crippen MR) is 98.0 cm³/mol. The fourth-order valence-corrected chi connectivity index (χ4v) is 3.44. The van der Waals surface area contributed by atoms with Crippen LogP contribution in [-0.2, 0) is 0 Å². The van der Waals surface area contributed by atoms with E-state index in [-0.39, 0.29) is 5.56 Å². The summed E-state index contributed by atoms with van der Waals surface area (Å²) in [6.45, 7) is 1.98. The molecule has 0 radical (unpaired) electrons. The monoisotopic (exact) mass is 355 g/mol. The van der Waals surface area contributed by atoms with Gasteiger partial charge in [-0.25, -0.2) is 4.98 Å². The summed E-state index contributed by atoms with van der Waals surface area (Å²) in [6, 6.07) is 14.9. The summed E-state index contributed by atoms with van der Waals surface area (Å²) < 4.78 is 1.60. The topological polar surface area (TPSA) is 58.7 Å². The molecule has 3 aromatic rings. The summed E-state index contributed by atoms with van der Waals surface area (Å²) in [7, 11) is 0. The van der Waals surface area contributed by atoms with Crippen molar-refractivity contribution >= 4 is 34.3 Å². The van der Waals surface area contributed by atoms with Gasteiger partial charge in [0.15, 0.2) is 5.16 Å². The van der Waals surface area contributed by atoms with Crippen molar-refractivity contribution in [2.45, 2.75) is 18.5 Å². The third-order valence-corrected chi connectivity index (χ3v) is 4.68. The molecule has 0 N–H and O–H groups in total. The van der Waals surface area contributed by atoms with E-state index in [1.165, 1.54) is 11.8 Å². The highest BCUT2D eigenvalue weighted by Gasteiger charge is 2.13. The number of aromatic nitrogens is 2. The highest BCUT2D eigenvalue weighted by Crippen LogP contribution is 2.23. The Morgan fingerprint density at radius 2 is 2.12 bits per heavy atom. The third kappa shape index (κ3) is 3.30. The Balaban J connectivity index is 2.26. The average Bonchev–Trinajstić information content (AvgIpc) is 2.55. The van der Waals surface area contributed by atoms with E-state index in [4.69, 9.17) is 16.9 Å². The first-order chi connectivity index (χ1) is 11.6. The minimum atomic E-state index is -0.137. The van der Waals surface area contributed by atoms with Crippen LogP contribution >= 0.6 is 23.4 Å². The first-order valence-electron chi connectivity index (χ1n) is 7.39. The number of nitrogens with zero attached hydrogens (tertiary/aromatic N) is 3. The van der Waals surface area contributed by atoms with Crippen LogP contribution in [0.25, 0.3) is 16.6 Å². The largest absolute Gasteiger partial charge is 0.268 e. The number of halogens is 1. The van der Waals surface area contributed by atoms with Crippen molar-refractivity contribution in [3.8, 4) is 11.8 Å². The van der Waals surface area contributed by atoms with E-state index in [9.17, 15) is 4.79 Å². The number of hydrogen-bond acceptors (Lipinski definition) is 4. The van der Waals surface area contributed by atoms with Crippen molar-refractivity contribution in [2.24, 2.45) is 0 Å². The molecular weight excluding hydrogens is 342 g/mol. The molecule has 120 valence electrons. The Hall–Kier alpha value is -2.29. The molecule has 0 bridgehead atoms. The van der Waals surface area contributed by atoms with Crippen molar-refractivity contribution in [3.63, 3.8) is 0 Å². The minimum Gasteiger partial charge on any atom is -0.268 e. The molecule has 3 rings (SSSR count). The van der Waals surface area contributed by atoms with Gasteiger partial charge in [-0.05, 0) is 42.8 Å². The van der Waals surface area contributed by atoms with E-state index in [2.05, 4.69) is 11.1 Å². The molecule has 0 aliphatic heterocycles. The second kappa shape index (κ2) is 7.08. The van der Waals surface area contributed by atoms with Gasteiger partial charge in [0, 0.05) is 17.2 Å². The summed E-state index contributed by atoms with van der Waals surface area (Å²) in [4.78, 5) is 17.6. The highest BCUT2D eigenvalue weighted by atomic mass is 35.5. The Morgan fingerprint density at radius 1 is 1.29 bits per heavy atom. The zero-order chi connectivity index (χ0) is 17.1. The first kappa shape index (κ1) is 16.6. The van der Waals surface area contributed by atoms with E-state index in [1.54, 1.807) is 22.8 Å². The van der Waals surface area contributed by atoms with Crippen molar-refractivity contribution in [3.05, 3.63) is 63.4 Å².